The minimum absolute atomic E-state index is 0.0478. The number of piperidine rings is 1. The molecule has 1 atom stereocenters. The number of ether oxygens (including phenoxy) is 2. The van der Waals surface area contributed by atoms with Gasteiger partial charge in [0, 0.05) is 40.6 Å². The van der Waals surface area contributed by atoms with Gasteiger partial charge in [0.15, 0.2) is 0 Å². The number of likely N-dealkylation sites (tertiary alicyclic amines) is 1. The highest BCUT2D eigenvalue weighted by Gasteiger charge is 2.31. The standard InChI is InChI=1S/C32H32ClF4N5O3/c33-22-5-4-21(25(34)14-22)19-45-31-3-1-2-26(40-31)20-8-11-41(12-9-20)18-29-39-27-15-23(38-30(43)16-32(35,36)37)6-7-28(27)42(29)17-24-10-13-44-24/h1-7,14-15,20,24H,8-13,16-19H2,(H,38,43). The number of hydrogen-bond donors (Lipinski definition) is 1. The van der Waals surface area contributed by atoms with Gasteiger partial charge >= 0.3 is 6.18 Å². The molecule has 8 nitrogen and oxygen atoms in total. The number of anilines is 1. The molecule has 2 saturated heterocycles. The van der Waals surface area contributed by atoms with Gasteiger partial charge in [-0.3, -0.25) is 9.69 Å². The lowest BCUT2D eigenvalue weighted by atomic mass is 9.93. The van der Waals surface area contributed by atoms with Gasteiger partial charge < -0.3 is 19.4 Å². The number of fused-ring (bicyclic) bond motifs is 1. The zero-order valence-electron chi connectivity index (χ0n) is 24.3. The highest BCUT2D eigenvalue weighted by atomic mass is 35.5. The number of carbonyl (C=O) groups is 1. The lowest BCUT2D eigenvalue weighted by Gasteiger charge is -2.32. The summed E-state index contributed by atoms with van der Waals surface area (Å²) in [6, 6.07) is 15.1. The first-order chi connectivity index (χ1) is 21.6. The molecular formula is C32H32ClF4N5O3. The Bertz CT molecular complexity index is 1670. The van der Waals surface area contributed by atoms with Crippen molar-refractivity contribution in [2.45, 2.75) is 63.6 Å². The predicted molar refractivity (Wildman–Crippen MR) is 161 cm³/mol. The van der Waals surface area contributed by atoms with Gasteiger partial charge in [-0.25, -0.2) is 14.4 Å². The summed E-state index contributed by atoms with van der Waals surface area (Å²) < 4.78 is 65.6. The number of carbonyl (C=O) groups excluding carboxylic acids is 1. The van der Waals surface area contributed by atoms with Gasteiger partial charge in [0.1, 0.15) is 24.7 Å². The molecule has 1 unspecified atom stereocenters. The first kappa shape index (κ1) is 31.3. The SMILES string of the molecule is O=C(CC(F)(F)F)Nc1ccc2c(c1)nc(CN1CCC(c3cccc(OCc4ccc(Cl)cc4F)n3)CC1)n2CC1CCO1. The van der Waals surface area contributed by atoms with Crippen LogP contribution in [0.2, 0.25) is 5.02 Å². The zero-order valence-corrected chi connectivity index (χ0v) is 25.1. The second kappa shape index (κ2) is 13.3. The van der Waals surface area contributed by atoms with E-state index >= 15 is 0 Å². The monoisotopic (exact) mass is 645 g/mol. The molecule has 2 aromatic carbocycles. The number of hydrogen-bond acceptors (Lipinski definition) is 6. The second-order valence-electron chi connectivity index (χ2n) is 11.4. The summed E-state index contributed by atoms with van der Waals surface area (Å²) in [6.07, 6.45) is -3.34. The first-order valence-corrected chi connectivity index (χ1v) is 15.2. The molecule has 6 rings (SSSR count). The largest absolute Gasteiger partial charge is 0.473 e. The number of imidazole rings is 1. The molecule has 0 radical (unpaired) electrons. The lowest BCUT2D eigenvalue weighted by molar-refractivity contribution is -0.150. The normalized spacial score (nSPS) is 17.8. The Labute approximate surface area is 262 Å². The maximum atomic E-state index is 14.1. The molecule has 0 spiro atoms. The number of rotatable bonds is 10. The smallest absolute Gasteiger partial charge is 0.397 e. The molecule has 4 heterocycles. The molecule has 45 heavy (non-hydrogen) atoms. The Morgan fingerprint density at radius 2 is 1.87 bits per heavy atom. The Morgan fingerprint density at radius 1 is 1.07 bits per heavy atom. The summed E-state index contributed by atoms with van der Waals surface area (Å²) in [4.78, 5) is 23.7. The molecule has 238 valence electrons. The van der Waals surface area contributed by atoms with Gasteiger partial charge in [-0.1, -0.05) is 23.7 Å². The average Bonchev–Trinajstić information content (AvgIpc) is 3.29. The summed E-state index contributed by atoms with van der Waals surface area (Å²) in [6.45, 7) is 3.61. The average molecular weight is 646 g/mol. The molecule has 1 amide bonds. The molecule has 2 aliphatic heterocycles. The third-order valence-corrected chi connectivity index (χ3v) is 8.39. The third-order valence-electron chi connectivity index (χ3n) is 8.16. The number of amides is 1. The molecular weight excluding hydrogens is 614 g/mol. The highest BCUT2D eigenvalue weighted by Crippen LogP contribution is 2.30. The van der Waals surface area contributed by atoms with Crippen molar-refractivity contribution in [3.63, 3.8) is 0 Å². The van der Waals surface area contributed by atoms with E-state index in [2.05, 4.69) is 14.8 Å². The van der Waals surface area contributed by atoms with E-state index in [4.69, 9.17) is 31.0 Å². The Balaban J connectivity index is 1.10. The van der Waals surface area contributed by atoms with Crippen molar-refractivity contribution in [2.75, 3.05) is 25.0 Å². The lowest BCUT2D eigenvalue weighted by Crippen LogP contribution is -2.35. The fourth-order valence-electron chi connectivity index (χ4n) is 5.72. The van der Waals surface area contributed by atoms with Crippen LogP contribution in [0.3, 0.4) is 0 Å². The number of pyridine rings is 1. The van der Waals surface area contributed by atoms with E-state index in [1.165, 1.54) is 6.07 Å². The molecule has 4 aromatic rings. The molecule has 1 N–H and O–H groups in total. The van der Waals surface area contributed by atoms with Crippen LogP contribution in [0.15, 0.2) is 54.6 Å². The number of halogens is 5. The molecule has 0 aliphatic carbocycles. The number of nitrogens with one attached hydrogen (secondary N) is 1. The van der Waals surface area contributed by atoms with Crippen LogP contribution >= 0.6 is 11.6 Å². The van der Waals surface area contributed by atoms with E-state index in [0.717, 1.165) is 49.4 Å². The highest BCUT2D eigenvalue weighted by molar-refractivity contribution is 6.30. The molecule has 2 aromatic heterocycles. The van der Waals surface area contributed by atoms with Crippen LogP contribution in [0, 0.1) is 5.82 Å². The van der Waals surface area contributed by atoms with E-state index < -0.39 is 24.3 Å². The molecule has 0 bridgehead atoms. The van der Waals surface area contributed by atoms with Gasteiger partial charge in [0.25, 0.3) is 0 Å². The number of nitrogens with zero attached hydrogens (tertiary/aromatic N) is 4. The Morgan fingerprint density at radius 3 is 2.58 bits per heavy atom. The maximum Gasteiger partial charge on any atom is 0.397 e. The fourth-order valence-corrected chi connectivity index (χ4v) is 5.88. The zero-order chi connectivity index (χ0) is 31.6. The van der Waals surface area contributed by atoms with Crippen molar-refractivity contribution < 1.29 is 31.8 Å². The Hall–Kier alpha value is -3.74. The summed E-state index contributed by atoms with van der Waals surface area (Å²) in [7, 11) is 0. The topological polar surface area (TPSA) is 81.5 Å². The minimum atomic E-state index is -4.58. The van der Waals surface area contributed by atoms with E-state index in [1.54, 1.807) is 36.4 Å². The quantitative estimate of drug-likeness (QED) is 0.190. The number of aromatic nitrogens is 3. The van der Waals surface area contributed by atoms with E-state index in [-0.39, 0.29) is 24.3 Å². The summed E-state index contributed by atoms with van der Waals surface area (Å²) in [5, 5.41) is 2.66. The summed E-state index contributed by atoms with van der Waals surface area (Å²) >= 11 is 5.84. The van der Waals surface area contributed by atoms with E-state index in [9.17, 15) is 22.4 Å². The third kappa shape index (κ3) is 7.92. The van der Waals surface area contributed by atoms with Crippen molar-refractivity contribution in [1.82, 2.24) is 19.4 Å². The predicted octanol–water partition coefficient (Wildman–Crippen LogP) is 6.86. The van der Waals surface area contributed by atoms with Crippen molar-refractivity contribution >= 4 is 34.2 Å². The van der Waals surface area contributed by atoms with Gasteiger partial charge in [0.2, 0.25) is 11.8 Å². The Kier molecular flexibility index (Phi) is 9.25. The van der Waals surface area contributed by atoms with Crippen molar-refractivity contribution in [3.8, 4) is 5.88 Å². The summed E-state index contributed by atoms with van der Waals surface area (Å²) in [5.74, 6) is -0.0322. The fraction of sp³-hybridized carbons (Fsp3) is 0.406. The summed E-state index contributed by atoms with van der Waals surface area (Å²) in [5.41, 5.74) is 3.04. The maximum absolute atomic E-state index is 14.1. The van der Waals surface area contributed by atoms with Crippen LogP contribution in [0.25, 0.3) is 11.0 Å². The van der Waals surface area contributed by atoms with Crippen LogP contribution in [-0.4, -0.2) is 57.3 Å². The number of alkyl halides is 3. The van der Waals surface area contributed by atoms with Gasteiger partial charge in [-0.05, 0) is 68.8 Å². The van der Waals surface area contributed by atoms with Crippen LogP contribution in [0.4, 0.5) is 23.2 Å². The van der Waals surface area contributed by atoms with Crippen molar-refractivity contribution in [1.29, 1.82) is 0 Å². The van der Waals surface area contributed by atoms with Gasteiger partial charge in [-0.15, -0.1) is 0 Å². The van der Waals surface area contributed by atoms with Crippen molar-refractivity contribution in [3.05, 3.63) is 82.5 Å². The van der Waals surface area contributed by atoms with Gasteiger partial charge in [-0.2, -0.15) is 13.2 Å². The van der Waals surface area contributed by atoms with Crippen LogP contribution in [0.1, 0.15) is 48.7 Å². The van der Waals surface area contributed by atoms with Crippen LogP contribution < -0.4 is 10.1 Å². The van der Waals surface area contributed by atoms with Gasteiger partial charge in [0.05, 0.1) is 30.2 Å². The molecule has 0 saturated carbocycles. The number of benzene rings is 2. The molecule has 2 fully saturated rings. The van der Waals surface area contributed by atoms with Crippen molar-refractivity contribution in [2.24, 2.45) is 0 Å². The van der Waals surface area contributed by atoms with E-state index in [1.807, 2.05) is 12.1 Å². The van der Waals surface area contributed by atoms with Crippen LogP contribution in [0.5, 0.6) is 5.88 Å². The molecule has 13 heteroatoms. The first-order valence-electron chi connectivity index (χ1n) is 14.8. The molecule has 2 aliphatic rings. The van der Waals surface area contributed by atoms with Crippen LogP contribution in [-0.2, 0) is 29.2 Å². The van der Waals surface area contributed by atoms with E-state index in [0.29, 0.717) is 41.7 Å². The second-order valence-corrected chi connectivity index (χ2v) is 11.9. The minimum Gasteiger partial charge on any atom is -0.473 e.